The van der Waals surface area contributed by atoms with Gasteiger partial charge in [-0.05, 0) is 31.4 Å². The van der Waals surface area contributed by atoms with Crippen LogP contribution in [0.3, 0.4) is 0 Å². The Bertz CT molecular complexity index is 637. The van der Waals surface area contributed by atoms with E-state index in [1.165, 1.54) is 23.8 Å². The number of halogens is 1. The van der Waals surface area contributed by atoms with Gasteiger partial charge < -0.3 is 10.1 Å². The van der Waals surface area contributed by atoms with Gasteiger partial charge in [0, 0.05) is 17.5 Å². The molecule has 0 amide bonds. The summed E-state index contributed by atoms with van der Waals surface area (Å²) in [5.74, 6) is 0.251. The fraction of sp³-hybridized carbons (Fsp3) is 0.438. The first-order chi connectivity index (χ1) is 10.2. The molecular weight excluding hydrogens is 287 g/mol. The number of methoxy groups -OCH3 is 1. The fourth-order valence-corrected chi connectivity index (χ4v) is 3.46. The third-order valence-electron chi connectivity index (χ3n) is 3.65. The summed E-state index contributed by atoms with van der Waals surface area (Å²) >= 11 is 1.56. The average molecular weight is 306 g/mol. The lowest BCUT2D eigenvalue weighted by Crippen LogP contribution is -2.15. The Balaban J connectivity index is 1.94. The molecule has 3 rings (SSSR count). The minimum atomic E-state index is -0.285. The molecule has 2 aromatic rings. The van der Waals surface area contributed by atoms with Gasteiger partial charge in [-0.1, -0.05) is 13.0 Å². The Kier molecular flexibility index (Phi) is 4.22. The lowest BCUT2D eigenvalue weighted by molar-refractivity contribution is 0.413. The van der Waals surface area contributed by atoms with Crippen molar-refractivity contribution in [3.05, 3.63) is 34.6 Å². The molecule has 1 aliphatic rings. The fourth-order valence-electron chi connectivity index (χ4n) is 2.31. The highest BCUT2D eigenvalue weighted by atomic mass is 32.1. The normalized spacial score (nSPS) is 14.4. The predicted molar refractivity (Wildman–Crippen MR) is 83.3 cm³/mol. The second kappa shape index (κ2) is 6.12. The third-order valence-corrected chi connectivity index (χ3v) is 4.77. The molecule has 112 valence electrons. The van der Waals surface area contributed by atoms with Crippen LogP contribution in [0.5, 0.6) is 5.75 Å². The SMILES string of the molecule is CCc1nc(-c2c(F)cccc2OC)sc1CNC1CC1. The van der Waals surface area contributed by atoms with Crippen LogP contribution in [-0.4, -0.2) is 18.1 Å². The smallest absolute Gasteiger partial charge is 0.137 e. The number of rotatable bonds is 6. The van der Waals surface area contributed by atoms with Crippen LogP contribution in [-0.2, 0) is 13.0 Å². The summed E-state index contributed by atoms with van der Waals surface area (Å²) in [7, 11) is 1.56. The van der Waals surface area contributed by atoms with E-state index in [0.717, 1.165) is 18.7 Å². The van der Waals surface area contributed by atoms with Gasteiger partial charge in [-0.15, -0.1) is 11.3 Å². The van der Waals surface area contributed by atoms with Crippen molar-refractivity contribution in [2.75, 3.05) is 7.11 Å². The maximum Gasteiger partial charge on any atom is 0.137 e. The minimum absolute atomic E-state index is 0.285. The number of aryl methyl sites for hydroxylation is 1. The molecule has 0 radical (unpaired) electrons. The Hall–Kier alpha value is -1.46. The zero-order chi connectivity index (χ0) is 14.8. The lowest BCUT2D eigenvalue weighted by Gasteiger charge is -2.06. The Morgan fingerprint density at radius 3 is 2.90 bits per heavy atom. The Morgan fingerprint density at radius 1 is 1.43 bits per heavy atom. The van der Waals surface area contributed by atoms with Crippen molar-refractivity contribution in [3.8, 4) is 16.3 Å². The largest absolute Gasteiger partial charge is 0.496 e. The molecule has 0 bridgehead atoms. The summed E-state index contributed by atoms with van der Waals surface area (Å²) in [6.07, 6.45) is 3.37. The third kappa shape index (κ3) is 3.09. The van der Waals surface area contributed by atoms with Crippen molar-refractivity contribution >= 4 is 11.3 Å². The summed E-state index contributed by atoms with van der Waals surface area (Å²) in [6.45, 7) is 2.90. The second-order valence-electron chi connectivity index (χ2n) is 5.21. The number of benzene rings is 1. The lowest BCUT2D eigenvalue weighted by atomic mass is 10.2. The van der Waals surface area contributed by atoms with E-state index in [-0.39, 0.29) is 5.82 Å². The van der Waals surface area contributed by atoms with Gasteiger partial charge in [-0.3, -0.25) is 0 Å². The molecule has 1 heterocycles. The summed E-state index contributed by atoms with van der Waals surface area (Å²) in [5.41, 5.74) is 1.52. The molecule has 1 aromatic heterocycles. The molecule has 1 aliphatic carbocycles. The van der Waals surface area contributed by atoms with Crippen molar-refractivity contribution in [1.82, 2.24) is 10.3 Å². The first kappa shape index (κ1) is 14.5. The molecule has 0 spiro atoms. The maximum absolute atomic E-state index is 14.2. The van der Waals surface area contributed by atoms with Crippen molar-refractivity contribution in [1.29, 1.82) is 0 Å². The van der Waals surface area contributed by atoms with E-state index in [0.29, 0.717) is 22.4 Å². The van der Waals surface area contributed by atoms with Crippen LogP contribution in [0.25, 0.3) is 10.6 Å². The van der Waals surface area contributed by atoms with Gasteiger partial charge in [0.05, 0.1) is 18.4 Å². The molecule has 1 N–H and O–H groups in total. The first-order valence-corrected chi connectivity index (χ1v) is 8.09. The molecule has 5 heteroatoms. The Morgan fingerprint density at radius 2 is 2.24 bits per heavy atom. The molecule has 0 saturated heterocycles. The standard InChI is InChI=1S/C16H19FN2OS/c1-3-12-14(9-18-10-7-8-10)21-16(19-12)15-11(17)5-4-6-13(15)20-2/h4-6,10,18H,3,7-9H2,1-2H3. The number of hydrogen-bond acceptors (Lipinski definition) is 4. The van der Waals surface area contributed by atoms with Crippen molar-refractivity contribution in [3.63, 3.8) is 0 Å². The minimum Gasteiger partial charge on any atom is -0.496 e. The van der Waals surface area contributed by atoms with Crippen LogP contribution in [0.4, 0.5) is 4.39 Å². The van der Waals surface area contributed by atoms with E-state index < -0.39 is 0 Å². The van der Waals surface area contributed by atoms with E-state index in [1.54, 1.807) is 30.6 Å². The van der Waals surface area contributed by atoms with Crippen molar-refractivity contribution in [2.45, 2.75) is 38.8 Å². The van der Waals surface area contributed by atoms with Gasteiger partial charge in [0.25, 0.3) is 0 Å². The highest BCUT2D eigenvalue weighted by Gasteiger charge is 2.22. The molecule has 0 unspecified atom stereocenters. The summed E-state index contributed by atoms with van der Waals surface area (Å²) < 4.78 is 19.4. The van der Waals surface area contributed by atoms with Gasteiger partial charge in [0.2, 0.25) is 0 Å². The van der Waals surface area contributed by atoms with Crippen LogP contribution in [0, 0.1) is 5.82 Å². The zero-order valence-electron chi connectivity index (χ0n) is 12.3. The molecule has 1 saturated carbocycles. The van der Waals surface area contributed by atoms with Gasteiger partial charge in [-0.2, -0.15) is 0 Å². The highest BCUT2D eigenvalue weighted by Crippen LogP contribution is 2.36. The van der Waals surface area contributed by atoms with E-state index >= 15 is 0 Å². The molecule has 3 nitrogen and oxygen atoms in total. The molecule has 1 fully saturated rings. The predicted octanol–water partition coefficient (Wildman–Crippen LogP) is 3.77. The van der Waals surface area contributed by atoms with Crippen LogP contribution in [0.15, 0.2) is 18.2 Å². The van der Waals surface area contributed by atoms with E-state index in [9.17, 15) is 4.39 Å². The number of nitrogens with one attached hydrogen (secondary N) is 1. The molecule has 1 aromatic carbocycles. The number of hydrogen-bond donors (Lipinski definition) is 1. The van der Waals surface area contributed by atoms with Gasteiger partial charge >= 0.3 is 0 Å². The monoisotopic (exact) mass is 306 g/mol. The van der Waals surface area contributed by atoms with Crippen LogP contribution >= 0.6 is 11.3 Å². The molecular formula is C16H19FN2OS. The van der Waals surface area contributed by atoms with Crippen molar-refractivity contribution in [2.24, 2.45) is 0 Å². The summed E-state index contributed by atoms with van der Waals surface area (Å²) in [4.78, 5) is 5.82. The topological polar surface area (TPSA) is 34.1 Å². The van der Waals surface area contributed by atoms with Crippen LogP contribution in [0.1, 0.15) is 30.3 Å². The van der Waals surface area contributed by atoms with E-state index in [4.69, 9.17) is 4.74 Å². The first-order valence-electron chi connectivity index (χ1n) is 7.27. The molecule has 0 aliphatic heterocycles. The number of nitrogens with zero attached hydrogens (tertiary/aromatic N) is 1. The summed E-state index contributed by atoms with van der Waals surface area (Å²) in [5, 5.41) is 4.20. The molecule has 21 heavy (non-hydrogen) atoms. The average Bonchev–Trinajstić information content (AvgIpc) is 3.24. The van der Waals surface area contributed by atoms with E-state index in [2.05, 4.69) is 17.2 Å². The summed E-state index contributed by atoms with van der Waals surface area (Å²) in [6, 6.07) is 5.53. The van der Waals surface area contributed by atoms with Gasteiger partial charge in [0.15, 0.2) is 0 Å². The quantitative estimate of drug-likeness (QED) is 0.882. The number of ether oxygens (including phenoxy) is 1. The molecule has 0 atom stereocenters. The highest BCUT2D eigenvalue weighted by molar-refractivity contribution is 7.15. The van der Waals surface area contributed by atoms with Crippen molar-refractivity contribution < 1.29 is 9.13 Å². The maximum atomic E-state index is 14.2. The number of thiazole rings is 1. The van der Waals surface area contributed by atoms with Crippen LogP contribution in [0.2, 0.25) is 0 Å². The van der Waals surface area contributed by atoms with Crippen LogP contribution < -0.4 is 10.1 Å². The number of aromatic nitrogens is 1. The second-order valence-corrected chi connectivity index (χ2v) is 6.30. The van der Waals surface area contributed by atoms with E-state index in [1.807, 2.05) is 0 Å². The van der Waals surface area contributed by atoms with Gasteiger partial charge in [0.1, 0.15) is 16.6 Å². The Labute approximate surface area is 128 Å². The zero-order valence-corrected chi connectivity index (χ0v) is 13.1. The van der Waals surface area contributed by atoms with Gasteiger partial charge in [-0.25, -0.2) is 9.37 Å².